The maximum Gasteiger partial charge on any atom is 0.261 e. The molecule has 7 nitrogen and oxygen atoms in total. The number of benzene rings is 2. The summed E-state index contributed by atoms with van der Waals surface area (Å²) in [6.45, 7) is 0. The summed E-state index contributed by atoms with van der Waals surface area (Å²) in [4.78, 5) is 26.7. The Labute approximate surface area is 165 Å². The number of halogens is 1. The van der Waals surface area contributed by atoms with Gasteiger partial charge >= 0.3 is 0 Å². The molecule has 146 valence electrons. The minimum Gasteiger partial charge on any atom is -0.494 e. The lowest BCUT2D eigenvalue weighted by atomic mass is 9.93. The number of carbonyl (C=O) groups excluding carboxylic acids is 2. The van der Waals surface area contributed by atoms with Crippen LogP contribution >= 0.6 is 0 Å². The first-order valence-corrected chi connectivity index (χ1v) is 9.39. The molecule has 0 atom stereocenters. The summed E-state index contributed by atoms with van der Waals surface area (Å²) in [6, 6.07) is 9.86. The zero-order valence-corrected chi connectivity index (χ0v) is 15.7. The Kier molecular flexibility index (Phi) is 3.94. The highest BCUT2D eigenvalue weighted by Crippen LogP contribution is 2.38. The van der Waals surface area contributed by atoms with E-state index >= 15 is 0 Å². The molecule has 0 spiro atoms. The van der Waals surface area contributed by atoms with Gasteiger partial charge in [-0.25, -0.2) is 14.0 Å². The number of nitrogens with zero attached hydrogens (tertiary/aromatic N) is 4. The topological polar surface area (TPSA) is 77.3 Å². The fraction of sp³-hybridized carbons (Fsp3) is 0.238. The molecule has 2 heterocycles. The molecule has 2 aromatic carbocycles. The van der Waals surface area contributed by atoms with Crippen molar-refractivity contribution in [1.29, 1.82) is 0 Å². The summed E-state index contributed by atoms with van der Waals surface area (Å²) in [5.41, 5.74) is 2.34. The molecular weight excluding hydrogens is 375 g/mol. The third kappa shape index (κ3) is 2.55. The Morgan fingerprint density at radius 3 is 2.38 bits per heavy atom. The van der Waals surface area contributed by atoms with E-state index in [2.05, 4.69) is 10.3 Å². The summed E-state index contributed by atoms with van der Waals surface area (Å²) >= 11 is 0. The Hall–Kier alpha value is -3.55. The Morgan fingerprint density at radius 1 is 1.00 bits per heavy atom. The molecule has 8 heteroatoms. The van der Waals surface area contributed by atoms with Crippen molar-refractivity contribution in [2.75, 3.05) is 12.0 Å². The summed E-state index contributed by atoms with van der Waals surface area (Å²) in [5.74, 6) is -0.986. The van der Waals surface area contributed by atoms with E-state index in [0.29, 0.717) is 46.5 Å². The predicted molar refractivity (Wildman–Crippen MR) is 103 cm³/mol. The van der Waals surface area contributed by atoms with Crippen LogP contribution in [0.5, 0.6) is 5.75 Å². The van der Waals surface area contributed by atoms with E-state index in [-0.39, 0.29) is 5.69 Å². The second-order valence-electron chi connectivity index (χ2n) is 7.08. The molecule has 1 aliphatic carbocycles. The van der Waals surface area contributed by atoms with Gasteiger partial charge in [-0.2, -0.15) is 0 Å². The minimum atomic E-state index is -0.689. The molecule has 0 N–H and O–H groups in total. The number of rotatable bonds is 3. The van der Waals surface area contributed by atoms with Gasteiger partial charge in [0.15, 0.2) is 0 Å². The van der Waals surface area contributed by atoms with E-state index < -0.39 is 17.6 Å². The second-order valence-corrected chi connectivity index (χ2v) is 7.08. The van der Waals surface area contributed by atoms with Crippen molar-refractivity contribution in [1.82, 2.24) is 15.0 Å². The van der Waals surface area contributed by atoms with Crippen LogP contribution in [0.2, 0.25) is 0 Å². The average molecular weight is 392 g/mol. The number of hydrogen-bond acceptors (Lipinski definition) is 5. The number of fused-ring (bicyclic) bond motifs is 1. The van der Waals surface area contributed by atoms with E-state index in [0.717, 1.165) is 17.7 Å². The summed E-state index contributed by atoms with van der Waals surface area (Å²) in [5, 5.41) is 8.14. The van der Waals surface area contributed by atoms with Gasteiger partial charge in [-0.1, -0.05) is 17.3 Å². The van der Waals surface area contributed by atoms with Gasteiger partial charge in [0.05, 0.1) is 18.3 Å². The van der Waals surface area contributed by atoms with Crippen LogP contribution in [-0.2, 0) is 9.59 Å². The van der Waals surface area contributed by atoms with Gasteiger partial charge in [-0.05, 0) is 43.9 Å². The molecule has 0 unspecified atom stereocenters. The average Bonchev–Trinajstić information content (AvgIpc) is 3.26. The van der Waals surface area contributed by atoms with E-state index in [1.807, 2.05) is 12.1 Å². The first-order valence-electron chi connectivity index (χ1n) is 9.39. The number of aromatic nitrogens is 3. The highest BCUT2D eigenvalue weighted by atomic mass is 19.1. The zero-order valence-electron chi connectivity index (χ0n) is 15.7. The fourth-order valence-corrected chi connectivity index (χ4v) is 4.04. The maximum atomic E-state index is 14.9. The lowest BCUT2D eigenvalue weighted by Crippen LogP contribution is -2.32. The molecule has 1 aliphatic heterocycles. The predicted octanol–water partition coefficient (Wildman–Crippen LogP) is 3.31. The number of ether oxygens (including phenoxy) is 1. The van der Waals surface area contributed by atoms with Gasteiger partial charge in [-0.15, -0.1) is 5.10 Å². The van der Waals surface area contributed by atoms with Crippen LogP contribution < -0.4 is 9.64 Å². The van der Waals surface area contributed by atoms with Gasteiger partial charge in [0, 0.05) is 17.2 Å². The molecule has 5 rings (SSSR count). The largest absolute Gasteiger partial charge is 0.494 e. The van der Waals surface area contributed by atoms with Crippen molar-refractivity contribution < 1.29 is 18.7 Å². The van der Waals surface area contributed by atoms with Crippen LogP contribution in [0, 0.1) is 5.82 Å². The quantitative estimate of drug-likeness (QED) is 0.639. The Morgan fingerprint density at radius 2 is 1.69 bits per heavy atom. The van der Waals surface area contributed by atoms with Crippen molar-refractivity contribution in [2.45, 2.75) is 25.7 Å². The fourth-order valence-electron chi connectivity index (χ4n) is 4.04. The number of imide groups is 1. The third-order valence-electron chi connectivity index (χ3n) is 5.46. The molecular formula is C21H17FN4O3. The van der Waals surface area contributed by atoms with Crippen molar-refractivity contribution in [3.05, 3.63) is 53.4 Å². The van der Waals surface area contributed by atoms with E-state index in [1.165, 1.54) is 16.8 Å². The number of carbonyl (C=O) groups is 2. The standard InChI is InChI=1S/C21H17FN4O3/c1-29-19-9-5-4-8-16(19)26-18-11-17(14(22)10-15(18)23-24-26)25-20(27)12-6-2-3-7-13(12)21(25)28/h4-5,8-11H,2-3,6-7H2,1H3. The monoisotopic (exact) mass is 392 g/mol. The van der Waals surface area contributed by atoms with Crippen LogP contribution in [0.25, 0.3) is 16.7 Å². The Bertz CT molecular complexity index is 1190. The van der Waals surface area contributed by atoms with Crippen LogP contribution in [0.1, 0.15) is 25.7 Å². The third-order valence-corrected chi connectivity index (χ3v) is 5.46. The molecule has 2 aliphatic rings. The minimum absolute atomic E-state index is 0.0830. The van der Waals surface area contributed by atoms with Crippen molar-refractivity contribution >= 4 is 28.5 Å². The highest BCUT2D eigenvalue weighted by Gasteiger charge is 2.41. The lowest BCUT2D eigenvalue weighted by molar-refractivity contribution is -0.120. The second kappa shape index (κ2) is 6.51. The van der Waals surface area contributed by atoms with Crippen LogP contribution in [0.3, 0.4) is 0 Å². The van der Waals surface area contributed by atoms with Gasteiger partial charge in [0.2, 0.25) is 0 Å². The van der Waals surface area contributed by atoms with Gasteiger partial charge in [-0.3, -0.25) is 9.59 Å². The first kappa shape index (κ1) is 17.5. The maximum absolute atomic E-state index is 14.9. The molecule has 0 saturated heterocycles. The highest BCUT2D eigenvalue weighted by molar-refractivity contribution is 6.33. The summed E-state index contributed by atoms with van der Waals surface area (Å²) in [6.07, 6.45) is 2.83. The van der Waals surface area contributed by atoms with Crippen molar-refractivity contribution in [3.8, 4) is 11.4 Å². The molecule has 0 saturated carbocycles. The summed E-state index contributed by atoms with van der Waals surface area (Å²) < 4.78 is 21.8. The Balaban J connectivity index is 1.66. The molecule has 29 heavy (non-hydrogen) atoms. The number of anilines is 1. The molecule has 0 fully saturated rings. The van der Waals surface area contributed by atoms with E-state index in [4.69, 9.17) is 4.74 Å². The van der Waals surface area contributed by atoms with Crippen LogP contribution in [0.15, 0.2) is 47.5 Å². The van der Waals surface area contributed by atoms with Gasteiger partial charge < -0.3 is 4.74 Å². The van der Waals surface area contributed by atoms with Gasteiger partial charge in [0.25, 0.3) is 11.8 Å². The smallest absolute Gasteiger partial charge is 0.261 e. The van der Waals surface area contributed by atoms with Crippen LogP contribution in [0.4, 0.5) is 10.1 Å². The molecule has 0 radical (unpaired) electrons. The first-order chi connectivity index (χ1) is 14.1. The SMILES string of the molecule is COc1ccccc1-n1nnc2cc(F)c(N3C(=O)C4=C(CCCC4)C3=O)cc21. The summed E-state index contributed by atoms with van der Waals surface area (Å²) in [7, 11) is 1.54. The number of hydrogen-bond donors (Lipinski definition) is 0. The molecule has 2 amide bonds. The van der Waals surface area contributed by atoms with Gasteiger partial charge in [0.1, 0.15) is 22.8 Å². The molecule has 0 bridgehead atoms. The number of amides is 2. The number of methoxy groups -OCH3 is 1. The van der Waals surface area contributed by atoms with Crippen LogP contribution in [-0.4, -0.2) is 33.9 Å². The zero-order chi connectivity index (χ0) is 20.1. The van der Waals surface area contributed by atoms with Crippen molar-refractivity contribution in [3.63, 3.8) is 0 Å². The van der Waals surface area contributed by atoms with Crippen molar-refractivity contribution in [2.24, 2.45) is 0 Å². The lowest BCUT2D eigenvalue weighted by Gasteiger charge is -2.16. The van der Waals surface area contributed by atoms with E-state index in [9.17, 15) is 14.0 Å². The van der Waals surface area contributed by atoms with E-state index in [1.54, 1.807) is 19.2 Å². The molecule has 1 aromatic heterocycles. The normalized spacial score (nSPS) is 16.7. The molecule has 3 aromatic rings. The number of para-hydroxylation sites is 2.